The number of rotatable bonds is 7. The first-order valence-electron chi connectivity index (χ1n) is 8.88. The molecular weight excluding hydrogens is 338 g/mol. The van der Waals surface area contributed by atoms with Crippen molar-refractivity contribution in [1.82, 2.24) is 5.32 Å². The first kappa shape index (κ1) is 18.5. The van der Waals surface area contributed by atoms with E-state index in [4.69, 9.17) is 9.47 Å². The molecule has 4 nitrogen and oxygen atoms in total. The van der Waals surface area contributed by atoms with Gasteiger partial charge in [-0.15, -0.1) is 0 Å². The summed E-state index contributed by atoms with van der Waals surface area (Å²) in [5.41, 5.74) is 2.46. The minimum Gasteiger partial charge on any atom is -0.496 e. The molecule has 27 heavy (non-hydrogen) atoms. The van der Waals surface area contributed by atoms with Gasteiger partial charge in [0, 0.05) is 11.1 Å². The Morgan fingerprint density at radius 3 is 2.30 bits per heavy atom. The molecule has 3 rings (SSSR count). The lowest BCUT2D eigenvalue weighted by atomic mass is 10.1. The van der Waals surface area contributed by atoms with Crippen molar-refractivity contribution in [3.8, 4) is 11.5 Å². The van der Waals surface area contributed by atoms with E-state index < -0.39 is 0 Å². The van der Waals surface area contributed by atoms with Crippen molar-refractivity contribution in [2.75, 3.05) is 7.11 Å². The van der Waals surface area contributed by atoms with E-state index in [1.807, 2.05) is 73.7 Å². The molecule has 4 heteroatoms. The molecule has 0 radical (unpaired) electrons. The molecule has 0 aliphatic carbocycles. The zero-order chi connectivity index (χ0) is 19.1. The molecule has 138 valence electrons. The highest BCUT2D eigenvalue weighted by molar-refractivity contribution is 5.94. The molecule has 0 heterocycles. The number of carbonyl (C=O) groups excluding carboxylic acids is 1. The number of hydrogen-bond acceptors (Lipinski definition) is 3. The minimum atomic E-state index is -0.130. The lowest BCUT2D eigenvalue weighted by Gasteiger charge is -2.16. The summed E-state index contributed by atoms with van der Waals surface area (Å²) in [6.07, 6.45) is 0. The summed E-state index contributed by atoms with van der Waals surface area (Å²) in [6.45, 7) is 2.29. The third kappa shape index (κ3) is 4.88. The average molecular weight is 361 g/mol. The van der Waals surface area contributed by atoms with Gasteiger partial charge < -0.3 is 14.8 Å². The molecule has 0 aliphatic heterocycles. The van der Waals surface area contributed by atoms with Crippen LogP contribution in [0.1, 0.15) is 34.5 Å². The van der Waals surface area contributed by atoms with E-state index in [0.29, 0.717) is 17.9 Å². The Kier molecular flexibility index (Phi) is 6.10. The molecule has 0 aliphatic rings. The van der Waals surface area contributed by atoms with Gasteiger partial charge in [-0.2, -0.15) is 0 Å². The average Bonchev–Trinajstić information content (AvgIpc) is 2.73. The standard InChI is InChI=1S/C23H23NO3/c1-17(18-9-5-3-6-10-18)24-23(25)19-13-14-22(26-2)20(15-19)16-27-21-11-7-4-8-12-21/h3-15,17H,16H2,1-2H3,(H,24,25)/t17-/m1/s1. The second kappa shape index (κ2) is 8.90. The zero-order valence-corrected chi connectivity index (χ0v) is 15.5. The van der Waals surface area contributed by atoms with Gasteiger partial charge in [0.25, 0.3) is 5.91 Å². The Morgan fingerprint density at radius 2 is 1.63 bits per heavy atom. The van der Waals surface area contributed by atoms with E-state index in [0.717, 1.165) is 16.9 Å². The predicted molar refractivity (Wildman–Crippen MR) is 106 cm³/mol. The summed E-state index contributed by atoms with van der Waals surface area (Å²) < 4.78 is 11.2. The van der Waals surface area contributed by atoms with Gasteiger partial charge in [-0.1, -0.05) is 48.5 Å². The smallest absolute Gasteiger partial charge is 0.251 e. The number of amides is 1. The molecule has 3 aromatic rings. The summed E-state index contributed by atoms with van der Waals surface area (Å²) in [5, 5.41) is 3.03. The third-order valence-corrected chi connectivity index (χ3v) is 4.33. The highest BCUT2D eigenvalue weighted by Crippen LogP contribution is 2.23. The van der Waals surface area contributed by atoms with Gasteiger partial charge in [-0.25, -0.2) is 0 Å². The number of hydrogen-bond donors (Lipinski definition) is 1. The van der Waals surface area contributed by atoms with E-state index in [1.165, 1.54) is 0 Å². The molecule has 0 unspecified atom stereocenters. The monoisotopic (exact) mass is 361 g/mol. The third-order valence-electron chi connectivity index (χ3n) is 4.33. The van der Waals surface area contributed by atoms with Crippen LogP contribution in [0.2, 0.25) is 0 Å². The normalized spacial score (nSPS) is 11.5. The Hall–Kier alpha value is -3.27. The maximum Gasteiger partial charge on any atom is 0.251 e. The van der Waals surface area contributed by atoms with Crippen molar-refractivity contribution >= 4 is 5.91 Å². The topological polar surface area (TPSA) is 47.6 Å². The molecule has 0 saturated heterocycles. The van der Waals surface area contributed by atoms with Crippen LogP contribution >= 0.6 is 0 Å². The SMILES string of the molecule is COc1ccc(C(=O)N[C@H](C)c2ccccc2)cc1COc1ccccc1. The summed E-state index contributed by atoms with van der Waals surface area (Å²) >= 11 is 0. The number of nitrogens with one attached hydrogen (secondary N) is 1. The second-order valence-electron chi connectivity index (χ2n) is 6.23. The van der Waals surface area contributed by atoms with Crippen molar-refractivity contribution in [3.63, 3.8) is 0 Å². The van der Waals surface area contributed by atoms with Crippen molar-refractivity contribution in [3.05, 3.63) is 95.6 Å². The molecule has 3 aromatic carbocycles. The van der Waals surface area contributed by atoms with Gasteiger partial charge in [0.2, 0.25) is 0 Å². The van der Waals surface area contributed by atoms with Crippen molar-refractivity contribution < 1.29 is 14.3 Å². The number of benzene rings is 3. The van der Waals surface area contributed by atoms with Crippen LogP contribution in [0.5, 0.6) is 11.5 Å². The molecule has 0 aromatic heterocycles. The molecule has 0 fully saturated rings. The highest BCUT2D eigenvalue weighted by atomic mass is 16.5. The van der Waals surface area contributed by atoms with Gasteiger partial charge >= 0.3 is 0 Å². The Bertz CT molecular complexity index is 879. The largest absolute Gasteiger partial charge is 0.496 e. The molecular formula is C23H23NO3. The molecule has 1 atom stereocenters. The van der Waals surface area contributed by atoms with Gasteiger partial charge in [0.15, 0.2) is 0 Å². The van der Waals surface area contributed by atoms with Crippen LogP contribution in [0.25, 0.3) is 0 Å². The summed E-state index contributed by atoms with van der Waals surface area (Å²) in [4.78, 5) is 12.7. The lowest BCUT2D eigenvalue weighted by Crippen LogP contribution is -2.26. The summed E-state index contributed by atoms with van der Waals surface area (Å²) in [7, 11) is 1.61. The molecule has 0 spiro atoms. The second-order valence-corrected chi connectivity index (χ2v) is 6.23. The van der Waals surface area contributed by atoms with E-state index in [2.05, 4.69) is 5.32 Å². The first-order chi connectivity index (χ1) is 13.2. The fourth-order valence-electron chi connectivity index (χ4n) is 2.82. The van der Waals surface area contributed by atoms with Crippen LogP contribution in [0.15, 0.2) is 78.9 Å². The maximum atomic E-state index is 12.7. The van der Waals surface area contributed by atoms with Crippen LogP contribution in [-0.4, -0.2) is 13.0 Å². The quantitative estimate of drug-likeness (QED) is 0.660. The van der Waals surface area contributed by atoms with E-state index >= 15 is 0 Å². The number of ether oxygens (including phenoxy) is 2. The van der Waals surface area contributed by atoms with Gasteiger partial charge in [-0.05, 0) is 42.8 Å². The highest BCUT2D eigenvalue weighted by Gasteiger charge is 2.14. The number of para-hydroxylation sites is 1. The zero-order valence-electron chi connectivity index (χ0n) is 15.5. The Morgan fingerprint density at radius 1 is 0.963 bits per heavy atom. The van der Waals surface area contributed by atoms with Gasteiger partial charge in [0.1, 0.15) is 18.1 Å². The van der Waals surface area contributed by atoms with Crippen LogP contribution < -0.4 is 14.8 Å². The fraction of sp³-hybridized carbons (Fsp3) is 0.174. The van der Waals surface area contributed by atoms with Crippen LogP contribution in [0, 0.1) is 0 Å². The van der Waals surface area contributed by atoms with Crippen LogP contribution in [0.3, 0.4) is 0 Å². The minimum absolute atomic E-state index is 0.0789. The van der Waals surface area contributed by atoms with Gasteiger partial charge in [0.05, 0.1) is 13.2 Å². The molecule has 1 N–H and O–H groups in total. The van der Waals surface area contributed by atoms with Crippen molar-refractivity contribution in [2.45, 2.75) is 19.6 Å². The number of carbonyl (C=O) groups is 1. The van der Waals surface area contributed by atoms with E-state index in [1.54, 1.807) is 19.2 Å². The Labute approximate surface area is 159 Å². The van der Waals surface area contributed by atoms with Crippen molar-refractivity contribution in [1.29, 1.82) is 0 Å². The number of methoxy groups -OCH3 is 1. The predicted octanol–water partition coefficient (Wildman–Crippen LogP) is 4.77. The molecule has 1 amide bonds. The maximum absolute atomic E-state index is 12.7. The van der Waals surface area contributed by atoms with E-state index in [9.17, 15) is 4.79 Å². The van der Waals surface area contributed by atoms with Gasteiger partial charge in [-0.3, -0.25) is 4.79 Å². The Balaban J connectivity index is 1.72. The molecule has 0 saturated carbocycles. The van der Waals surface area contributed by atoms with Crippen LogP contribution in [0.4, 0.5) is 0 Å². The molecule has 0 bridgehead atoms. The lowest BCUT2D eigenvalue weighted by molar-refractivity contribution is 0.0939. The summed E-state index contributed by atoms with van der Waals surface area (Å²) in [6, 6.07) is 24.7. The first-order valence-corrected chi connectivity index (χ1v) is 8.88. The van der Waals surface area contributed by atoms with Crippen molar-refractivity contribution in [2.24, 2.45) is 0 Å². The fourth-order valence-corrected chi connectivity index (χ4v) is 2.82. The summed E-state index contributed by atoms with van der Waals surface area (Å²) in [5.74, 6) is 1.33. The van der Waals surface area contributed by atoms with Crippen LogP contribution in [-0.2, 0) is 6.61 Å². The van der Waals surface area contributed by atoms with E-state index in [-0.39, 0.29) is 11.9 Å².